The zero-order chi connectivity index (χ0) is 15.9. The van der Waals surface area contributed by atoms with Gasteiger partial charge in [0.25, 0.3) is 5.91 Å². The highest BCUT2D eigenvalue weighted by atomic mass is 16.5. The van der Waals surface area contributed by atoms with Crippen molar-refractivity contribution < 1.29 is 19.2 Å². The fourth-order valence-corrected chi connectivity index (χ4v) is 2.12. The van der Waals surface area contributed by atoms with Crippen molar-refractivity contribution in [3.8, 4) is 11.3 Å². The van der Waals surface area contributed by atoms with Crippen LogP contribution in [0, 0.1) is 6.92 Å². The van der Waals surface area contributed by atoms with E-state index in [4.69, 9.17) is 9.63 Å². The number of hydrogen-bond acceptors (Lipinski definition) is 4. The maximum absolute atomic E-state index is 12.3. The van der Waals surface area contributed by atoms with Gasteiger partial charge in [-0.25, -0.2) is 0 Å². The van der Waals surface area contributed by atoms with E-state index >= 15 is 0 Å². The van der Waals surface area contributed by atoms with Crippen LogP contribution in [-0.2, 0) is 4.79 Å². The summed E-state index contributed by atoms with van der Waals surface area (Å²) in [6.07, 6.45) is 1.25. The molecule has 0 aliphatic rings. The number of nitrogens with zero attached hydrogens (tertiary/aromatic N) is 1. The van der Waals surface area contributed by atoms with Crippen LogP contribution in [-0.4, -0.2) is 28.7 Å². The smallest absolute Gasteiger partial charge is 0.303 e. The zero-order valence-corrected chi connectivity index (χ0v) is 12.3. The molecular formula is C16H18N2O4. The van der Waals surface area contributed by atoms with E-state index < -0.39 is 5.97 Å². The van der Waals surface area contributed by atoms with E-state index in [1.54, 1.807) is 6.92 Å². The van der Waals surface area contributed by atoms with Gasteiger partial charge in [-0.05, 0) is 19.8 Å². The number of carbonyl (C=O) groups excluding carboxylic acids is 1. The molecule has 0 fully saturated rings. The van der Waals surface area contributed by atoms with E-state index in [9.17, 15) is 9.59 Å². The lowest BCUT2D eigenvalue weighted by Crippen LogP contribution is -2.25. The number of nitrogens with one attached hydrogen (secondary N) is 1. The second-order valence-electron chi connectivity index (χ2n) is 4.94. The summed E-state index contributed by atoms with van der Waals surface area (Å²) in [6, 6.07) is 9.35. The number of aromatic nitrogens is 1. The van der Waals surface area contributed by atoms with Crippen molar-refractivity contribution in [3.05, 3.63) is 41.7 Å². The predicted molar refractivity (Wildman–Crippen MR) is 80.5 cm³/mol. The number of carboxylic acid groups (broad SMARTS) is 1. The molecule has 0 atom stereocenters. The van der Waals surface area contributed by atoms with Gasteiger partial charge in [-0.15, -0.1) is 0 Å². The summed E-state index contributed by atoms with van der Waals surface area (Å²) in [7, 11) is 0. The fourth-order valence-electron chi connectivity index (χ4n) is 2.12. The molecule has 2 rings (SSSR count). The lowest BCUT2D eigenvalue weighted by atomic mass is 10.1. The molecule has 2 aromatic rings. The Labute approximate surface area is 128 Å². The van der Waals surface area contributed by atoms with E-state index in [2.05, 4.69) is 10.5 Å². The van der Waals surface area contributed by atoms with Gasteiger partial charge in [-0.3, -0.25) is 9.59 Å². The van der Waals surface area contributed by atoms with Crippen LogP contribution in [0.3, 0.4) is 0 Å². The van der Waals surface area contributed by atoms with Gasteiger partial charge in [0.1, 0.15) is 17.0 Å². The summed E-state index contributed by atoms with van der Waals surface area (Å²) >= 11 is 0. The lowest BCUT2D eigenvalue weighted by molar-refractivity contribution is -0.137. The van der Waals surface area contributed by atoms with Crippen molar-refractivity contribution in [2.75, 3.05) is 6.54 Å². The number of benzene rings is 1. The Morgan fingerprint density at radius 3 is 2.64 bits per heavy atom. The molecule has 0 bridgehead atoms. The van der Waals surface area contributed by atoms with Crippen LogP contribution in [0.25, 0.3) is 11.3 Å². The van der Waals surface area contributed by atoms with Crippen LogP contribution in [0.2, 0.25) is 0 Å². The Hall–Kier alpha value is -2.63. The SMILES string of the molecule is Cc1onc(-c2ccccc2)c1C(=O)NCCCCC(=O)O. The highest BCUT2D eigenvalue weighted by Gasteiger charge is 2.20. The van der Waals surface area contributed by atoms with Gasteiger partial charge >= 0.3 is 5.97 Å². The first kappa shape index (κ1) is 15.8. The molecule has 2 N–H and O–H groups in total. The Bertz CT molecular complexity index is 649. The summed E-state index contributed by atoms with van der Waals surface area (Å²) in [6.45, 7) is 2.11. The molecule has 6 nitrogen and oxygen atoms in total. The topological polar surface area (TPSA) is 92.4 Å². The van der Waals surface area contributed by atoms with E-state index in [-0.39, 0.29) is 12.3 Å². The molecule has 6 heteroatoms. The third kappa shape index (κ3) is 3.94. The van der Waals surface area contributed by atoms with E-state index in [1.807, 2.05) is 30.3 Å². The number of aliphatic carboxylic acids is 1. The zero-order valence-electron chi connectivity index (χ0n) is 12.3. The molecule has 0 radical (unpaired) electrons. The maximum Gasteiger partial charge on any atom is 0.303 e. The number of aryl methyl sites for hydroxylation is 1. The maximum atomic E-state index is 12.3. The molecular weight excluding hydrogens is 284 g/mol. The Morgan fingerprint density at radius 2 is 1.95 bits per heavy atom. The molecule has 1 aromatic carbocycles. The van der Waals surface area contributed by atoms with Crippen LogP contribution >= 0.6 is 0 Å². The number of amides is 1. The molecule has 0 aliphatic carbocycles. The first-order chi connectivity index (χ1) is 10.6. The normalized spacial score (nSPS) is 10.4. The Morgan fingerprint density at radius 1 is 1.23 bits per heavy atom. The standard InChI is InChI=1S/C16H18N2O4/c1-11-14(16(21)17-10-6-5-9-13(19)20)15(18-22-11)12-7-3-2-4-8-12/h2-4,7-8H,5-6,9-10H2,1H3,(H,17,21)(H,19,20). The van der Waals surface area contributed by atoms with E-state index in [0.717, 1.165) is 5.56 Å². The largest absolute Gasteiger partial charge is 0.481 e. The minimum absolute atomic E-state index is 0.109. The predicted octanol–water partition coefficient (Wildman–Crippen LogP) is 2.63. The quantitative estimate of drug-likeness (QED) is 0.767. The van der Waals surface area contributed by atoms with Crippen molar-refractivity contribution in [2.24, 2.45) is 0 Å². The Balaban J connectivity index is 2.01. The monoisotopic (exact) mass is 302 g/mol. The van der Waals surface area contributed by atoms with Gasteiger partial charge in [-0.1, -0.05) is 35.5 Å². The van der Waals surface area contributed by atoms with Crippen molar-refractivity contribution in [1.29, 1.82) is 0 Å². The Kier molecular flexibility index (Phi) is 5.30. The summed E-state index contributed by atoms with van der Waals surface area (Å²) in [5.41, 5.74) is 1.75. The molecule has 0 aliphatic heterocycles. The van der Waals surface area contributed by atoms with Crippen molar-refractivity contribution in [1.82, 2.24) is 10.5 Å². The highest BCUT2D eigenvalue weighted by Crippen LogP contribution is 2.24. The molecule has 1 heterocycles. The second kappa shape index (κ2) is 7.40. The third-order valence-electron chi connectivity index (χ3n) is 3.24. The number of rotatable bonds is 7. The molecule has 0 saturated carbocycles. The third-order valence-corrected chi connectivity index (χ3v) is 3.24. The van der Waals surface area contributed by atoms with Crippen LogP contribution in [0.4, 0.5) is 0 Å². The first-order valence-corrected chi connectivity index (χ1v) is 7.11. The van der Waals surface area contributed by atoms with Gasteiger partial charge in [0, 0.05) is 18.5 Å². The van der Waals surface area contributed by atoms with Crippen LogP contribution < -0.4 is 5.32 Å². The first-order valence-electron chi connectivity index (χ1n) is 7.11. The second-order valence-corrected chi connectivity index (χ2v) is 4.94. The molecule has 22 heavy (non-hydrogen) atoms. The minimum atomic E-state index is -0.826. The van der Waals surface area contributed by atoms with Crippen molar-refractivity contribution in [3.63, 3.8) is 0 Å². The van der Waals surface area contributed by atoms with Crippen LogP contribution in [0.1, 0.15) is 35.4 Å². The molecule has 1 aromatic heterocycles. The van der Waals surface area contributed by atoms with Crippen LogP contribution in [0.15, 0.2) is 34.9 Å². The number of carbonyl (C=O) groups is 2. The average Bonchev–Trinajstić information content (AvgIpc) is 2.89. The molecule has 0 spiro atoms. The van der Waals surface area contributed by atoms with Crippen molar-refractivity contribution in [2.45, 2.75) is 26.2 Å². The summed E-state index contributed by atoms with van der Waals surface area (Å²) in [5.74, 6) is -0.623. The molecule has 0 unspecified atom stereocenters. The molecule has 1 amide bonds. The summed E-state index contributed by atoms with van der Waals surface area (Å²) in [5, 5.41) is 15.3. The van der Waals surface area contributed by atoms with Crippen molar-refractivity contribution >= 4 is 11.9 Å². The number of carboxylic acids is 1. The highest BCUT2D eigenvalue weighted by molar-refractivity contribution is 6.00. The summed E-state index contributed by atoms with van der Waals surface area (Å²) in [4.78, 5) is 22.7. The van der Waals surface area contributed by atoms with Gasteiger partial charge in [0.05, 0.1) is 0 Å². The molecule has 116 valence electrons. The number of unbranched alkanes of at least 4 members (excludes halogenated alkanes) is 1. The van der Waals surface area contributed by atoms with Gasteiger partial charge in [0.2, 0.25) is 0 Å². The molecule has 0 saturated heterocycles. The fraction of sp³-hybridized carbons (Fsp3) is 0.312. The van der Waals surface area contributed by atoms with Crippen LogP contribution in [0.5, 0.6) is 0 Å². The lowest BCUT2D eigenvalue weighted by Gasteiger charge is -2.05. The van der Waals surface area contributed by atoms with E-state index in [0.29, 0.717) is 36.4 Å². The van der Waals surface area contributed by atoms with Gasteiger partial charge < -0.3 is 14.9 Å². The van der Waals surface area contributed by atoms with Gasteiger partial charge in [0.15, 0.2) is 0 Å². The van der Waals surface area contributed by atoms with E-state index in [1.165, 1.54) is 0 Å². The number of hydrogen-bond donors (Lipinski definition) is 2. The average molecular weight is 302 g/mol. The summed E-state index contributed by atoms with van der Waals surface area (Å²) < 4.78 is 5.14. The minimum Gasteiger partial charge on any atom is -0.481 e. The van der Waals surface area contributed by atoms with Gasteiger partial charge in [-0.2, -0.15) is 0 Å².